The molecule has 1 N–H and O–H groups in total. The van der Waals surface area contributed by atoms with Crippen LogP contribution >= 0.6 is 0 Å². The number of anilines is 2. The number of hydrogen-bond donors (Lipinski definition) is 1. The number of imide groups is 2. The zero-order valence-electron chi connectivity index (χ0n) is 20.7. The van der Waals surface area contributed by atoms with E-state index in [-0.39, 0.29) is 12.1 Å². The molecule has 1 saturated heterocycles. The number of fused-ring (bicyclic) bond motifs is 1. The number of urea groups is 1. The van der Waals surface area contributed by atoms with E-state index in [9.17, 15) is 24.5 Å². The van der Waals surface area contributed by atoms with Gasteiger partial charge in [0, 0.05) is 30.8 Å². The van der Waals surface area contributed by atoms with Crippen LogP contribution in [0.25, 0.3) is 0 Å². The first-order valence-electron chi connectivity index (χ1n) is 12.0. The Morgan fingerprint density at radius 3 is 2.35 bits per heavy atom. The van der Waals surface area contributed by atoms with Gasteiger partial charge in [-0.2, -0.15) is 0 Å². The van der Waals surface area contributed by atoms with Crippen LogP contribution in [-0.4, -0.2) is 29.3 Å². The minimum absolute atomic E-state index is 0.0978. The molecule has 37 heavy (non-hydrogen) atoms. The summed E-state index contributed by atoms with van der Waals surface area (Å²) in [4.78, 5) is 55.5. The average molecular weight is 499 g/mol. The first-order valence-corrected chi connectivity index (χ1v) is 12.0. The molecule has 0 bridgehead atoms. The number of nitrogens with one attached hydrogen (secondary N) is 1. The molecule has 2 aliphatic rings. The number of nitro benzene ring substituents is 1. The van der Waals surface area contributed by atoms with Crippen LogP contribution < -0.4 is 15.1 Å². The van der Waals surface area contributed by atoms with Crippen molar-refractivity contribution in [2.45, 2.75) is 33.2 Å². The lowest BCUT2D eigenvalue weighted by atomic mass is 9.66. The summed E-state index contributed by atoms with van der Waals surface area (Å²) in [6, 6.07) is 17.5. The summed E-state index contributed by atoms with van der Waals surface area (Å²) in [5, 5.41) is 14.0. The summed E-state index contributed by atoms with van der Waals surface area (Å²) in [7, 11) is 0. The molecule has 0 aliphatic carbocycles. The van der Waals surface area contributed by atoms with E-state index in [0.717, 1.165) is 16.0 Å². The number of benzene rings is 3. The molecule has 0 radical (unpaired) electrons. The number of non-ortho nitro benzene ring substituents is 1. The topological polar surface area (TPSA) is 113 Å². The number of barbiturate groups is 1. The molecule has 1 fully saturated rings. The van der Waals surface area contributed by atoms with Crippen LogP contribution in [-0.2, 0) is 16.0 Å². The Morgan fingerprint density at radius 1 is 1.00 bits per heavy atom. The van der Waals surface area contributed by atoms with E-state index in [0.29, 0.717) is 29.0 Å². The minimum atomic E-state index is -1.75. The highest BCUT2D eigenvalue weighted by molar-refractivity contribution is 6.31. The predicted octanol–water partition coefficient (Wildman–Crippen LogP) is 4.60. The second-order valence-corrected chi connectivity index (χ2v) is 9.51. The quantitative estimate of drug-likeness (QED) is 0.319. The van der Waals surface area contributed by atoms with Crippen LogP contribution in [0.5, 0.6) is 0 Å². The Morgan fingerprint density at radius 2 is 1.70 bits per heavy atom. The van der Waals surface area contributed by atoms with Crippen molar-refractivity contribution in [3.05, 3.63) is 99.1 Å². The fourth-order valence-electron chi connectivity index (χ4n) is 5.69. The van der Waals surface area contributed by atoms with E-state index in [4.69, 9.17) is 0 Å². The van der Waals surface area contributed by atoms with Crippen LogP contribution in [0.2, 0.25) is 0 Å². The van der Waals surface area contributed by atoms with Crippen molar-refractivity contribution in [2.75, 3.05) is 16.3 Å². The molecule has 2 atom stereocenters. The number of carbonyl (C=O) groups is 3. The molecule has 0 unspecified atom stereocenters. The van der Waals surface area contributed by atoms with Gasteiger partial charge in [-0.1, -0.05) is 48.0 Å². The minimum Gasteiger partial charge on any atom is -0.363 e. The first kappa shape index (κ1) is 24.2. The monoisotopic (exact) mass is 498 g/mol. The molecular weight excluding hydrogens is 472 g/mol. The van der Waals surface area contributed by atoms with Crippen molar-refractivity contribution in [3.8, 4) is 0 Å². The van der Waals surface area contributed by atoms with Crippen LogP contribution in [0.4, 0.5) is 21.9 Å². The number of amides is 4. The van der Waals surface area contributed by atoms with Crippen molar-refractivity contribution >= 4 is 34.9 Å². The summed E-state index contributed by atoms with van der Waals surface area (Å²) < 4.78 is 0. The van der Waals surface area contributed by atoms with E-state index in [1.54, 1.807) is 25.1 Å². The molecule has 9 heteroatoms. The Kier molecular flexibility index (Phi) is 5.78. The third-order valence-corrected chi connectivity index (χ3v) is 7.29. The Hall–Kier alpha value is -4.53. The fraction of sp³-hybridized carbons (Fsp3) is 0.250. The molecule has 3 aromatic rings. The molecule has 1 spiro atoms. The van der Waals surface area contributed by atoms with E-state index in [2.05, 4.69) is 5.32 Å². The van der Waals surface area contributed by atoms with E-state index < -0.39 is 34.2 Å². The van der Waals surface area contributed by atoms with Gasteiger partial charge in [0.2, 0.25) is 5.91 Å². The van der Waals surface area contributed by atoms with Crippen molar-refractivity contribution in [1.82, 2.24) is 5.32 Å². The lowest BCUT2D eigenvalue weighted by Crippen LogP contribution is -2.69. The Bertz CT molecular complexity index is 1450. The van der Waals surface area contributed by atoms with Gasteiger partial charge in [-0.05, 0) is 49.6 Å². The smallest absolute Gasteiger partial charge is 0.335 e. The number of nitrogens with zero attached hydrogens (tertiary/aromatic N) is 3. The summed E-state index contributed by atoms with van der Waals surface area (Å²) >= 11 is 0. The zero-order valence-corrected chi connectivity index (χ0v) is 20.7. The van der Waals surface area contributed by atoms with E-state index in [1.807, 2.05) is 55.1 Å². The van der Waals surface area contributed by atoms with Gasteiger partial charge in [0.25, 0.3) is 11.6 Å². The Labute approximate surface area is 213 Å². The lowest BCUT2D eigenvalue weighted by Gasteiger charge is -2.52. The number of hydrogen-bond acceptors (Lipinski definition) is 6. The van der Waals surface area contributed by atoms with Gasteiger partial charge in [0.15, 0.2) is 5.41 Å². The van der Waals surface area contributed by atoms with Gasteiger partial charge >= 0.3 is 6.03 Å². The van der Waals surface area contributed by atoms with E-state index in [1.165, 1.54) is 12.1 Å². The second kappa shape index (κ2) is 8.85. The van der Waals surface area contributed by atoms with Gasteiger partial charge in [0.1, 0.15) is 0 Å². The van der Waals surface area contributed by atoms with Crippen molar-refractivity contribution in [1.29, 1.82) is 0 Å². The highest BCUT2D eigenvalue weighted by atomic mass is 16.6. The molecule has 9 nitrogen and oxygen atoms in total. The molecule has 3 aromatic carbocycles. The third-order valence-electron chi connectivity index (χ3n) is 7.29. The standard InChI is InChI=1S/C28H26N4O5/c1-4-30-23-13-11-21(32(36)37)15-20(23)16-28(24(30)19-8-6-5-7-9-19)25(33)29-27(35)31(26(28)34)22-12-10-17(2)14-18(22)3/h5-15,24H,4,16H2,1-3H3,(H,29,33,35)/t24-,28-/m1/s1. The SMILES string of the molecule is CCN1c2ccc([N+](=O)[O-])cc2C[C@]2(C(=O)NC(=O)N(c3ccc(C)cc3C)C2=O)[C@H]1c1ccccc1. The van der Waals surface area contributed by atoms with Crippen molar-refractivity contribution in [3.63, 3.8) is 0 Å². The lowest BCUT2D eigenvalue weighted by molar-refractivity contribution is -0.384. The average Bonchev–Trinajstić information content (AvgIpc) is 2.87. The van der Waals surface area contributed by atoms with Crippen LogP contribution in [0.3, 0.4) is 0 Å². The summed E-state index contributed by atoms with van der Waals surface area (Å²) in [5.41, 5.74) is 2.13. The number of rotatable bonds is 4. The van der Waals surface area contributed by atoms with Gasteiger partial charge in [0.05, 0.1) is 16.7 Å². The van der Waals surface area contributed by atoms with Crippen molar-refractivity contribution in [2.24, 2.45) is 5.41 Å². The summed E-state index contributed by atoms with van der Waals surface area (Å²) in [5.74, 6) is -1.37. The molecule has 2 heterocycles. The number of nitro groups is 1. The normalized spacial score (nSPS) is 21.2. The van der Waals surface area contributed by atoms with E-state index >= 15 is 0 Å². The van der Waals surface area contributed by atoms with Crippen LogP contribution in [0.15, 0.2) is 66.7 Å². The maximum absolute atomic E-state index is 14.5. The van der Waals surface area contributed by atoms with Gasteiger partial charge in [-0.3, -0.25) is 25.0 Å². The third kappa shape index (κ3) is 3.66. The zero-order chi connectivity index (χ0) is 26.5. The summed E-state index contributed by atoms with van der Waals surface area (Å²) in [6.45, 7) is 6.04. The first-order chi connectivity index (χ1) is 17.7. The van der Waals surface area contributed by atoms with Crippen LogP contribution in [0.1, 0.15) is 35.2 Å². The largest absolute Gasteiger partial charge is 0.363 e. The van der Waals surface area contributed by atoms with Gasteiger partial charge in [-0.15, -0.1) is 0 Å². The number of carbonyl (C=O) groups excluding carboxylic acids is 3. The molecule has 0 aromatic heterocycles. The van der Waals surface area contributed by atoms with Gasteiger partial charge < -0.3 is 4.90 Å². The summed E-state index contributed by atoms with van der Waals surface area (Å²) in [6.07, 6.45) is -0.0978. The number of aryl methyl sites for hydroxylation is 2. The molecule has 2 aliphatic heterocycles. The fourth-order valence-corrected chi connectivity index (χ4v) is 5.69. The molecular formula is C28H26N4O5. The molecule has 0 saturated carbocycles. The maximum atomic E-state index is 14.5. The predicted molar refractivity (Wildman–Crippen MR) is 138 cm³/mol. The maximum Gasteiger partial charge on any atom is 0.335 e. The highest BCUT2D eigenvalue weighted by Crippen LogP contribution is 2.52. The second-order valence-electron chi connectivity index (χ2n) is 9.51. The molecule has 4 amide bonds. The molecule has 5 rings (SSSR count). The van der Waals surface area contributed by atoms with Crippen LogP contribution in [0, 0.1) is 29.4 Å². The van der Waals surface area contributed by atoms with Crippen molar-refractivity contribution < 1.29 is 19.3 Å². The Balaban J connectivity index is 1.77. The van der Waals surface area contributed by atoms with Gasteiger partial charge in [-0.25, -0.2) is 9.69 Å². The highest BCUT2D eigenvalue weighted by Gasteiger charge is 2.62. The molecule has 188 valence electrons.